The molecule has 1 unspecified atom stereocenters. The van der Waals surface area contributed by atoms with Crippen LogP contribution in [-0.2, 0) is 16.1 Å². The Morgan fingerprint density at radius 1 is 1.50 bits per heavy atom. The zero-order valence-corrected chi connectivity index (χ0v) is 9.89. The van der Waals surface area contributed by atoms with Crippen LogP contribution in [0.4, 0.5) is 0 Å². The molecule has 0 amide bonds. The Labute approximate surface area is 101 Å². The number of ether oxygens (including phenoxy) is 1. The molecule has 8 nitrogen and oxygen atoms in total. The van der Waals surface area contributed by atoms with Crippen molar-refractivity contribution in [3.63, 3.8) is 0 Å². The van der Waals surface area contributed by atoms with Crippen LogP contribution >= 0.6 is 0 Å². The summed E-state index contributed by atoms with van der Waals surface area (Å²) >= 11 is 0. The predicted octanol–water partition coefficient (Wildman–Crippen LogP) is -0.636. The fourth-order valence-corrected chi connectivity index (χ4v) is 1.72. The highest BCUT2D eigenvalue weighted by molar-refractivity contribution is 5.68. The number of fused-ring (bicyclic) bond motifs is 1. The molecule has 2 rings (SSSR count). The number of aromatic nitrogens is 4. The smallest absolute Gasteiger partial charge is 0.327 e. The highest BCUT2D eigenvalue weighted by Crippen LogP contribution is 2.05. The van der Waals surface area contributed by atoms with Crippen LogP contribution in [-0.4, -0.2) is 31.6 Å². The van der Waals surface area contributed by atoms with Gasteiger partial charge in [-0.05, 0) is 6.92 Å². The predicted molar refractivity (Wildman–Crippen MR) is 62.2 cm³/mol. The Morgan fingerprint density at radius 2 is 2.22 bits per heavy atom. The monoisotopic (exact) mass is 252 g/mol. The van der Waals surface area contributed by atoms with Crippen LogP contribution in [0.15, 0.2) is 15.9 Å². The Balaban J connectivity index is 2.38. The van der Waals surface area contributed by atoms with Crippen molar-refractivity contribution in [1.82, 2.24) is 19.5 Å². The Bertz CT molecular complexity index is 696. The van der Waals surface area contributed by atoms with Crippen LogP contribution < -0.4 is 11.2 Å². The highest BCUT2D eigenvalue weighted by Gasteiger charge is 2.12. The second kappa shape index (κ2) is 4.47. The minimum Gasteiger partial charge on any atom is -0.461 e. The van der Waals surface area contributed by atoms with E-state index >= 15 is 0 Å². The normalized spacial score (nSPS) is 12.6. The summed E-state index contributed by atoms with van der Waals surface area (Å²) in [6.45, 7) is 3.32. The minimum atomic E-state index is -0.602. The van der Waals surface area contributed by atoms with E-state index in [9.17, 15) is 14.4 Å². The highest BCUT2D eigenvalue weighted by atomic mass is 16.5. The molecular formula is C10H12N4O4. The number of nitrogens with one attached hydrogen (secondary N) is 2. The summed E-state index contributed by atoms with van der Waals surface area (Å²) in [4.78, 5) is 41.9. The van der Waals surface area contributed by atoms with E-state index in [1.54, 1.807) is 11.5 Å². The van der Waals surface area contributed by atoms with Gasteiger partial charge in [-0.25, -0.2) is 9.78 Å². The second-order valence-electron chi connectivity index (χ2n) is 3.92. The molecule has 96 valence electrons. The lowest BCUT2D eigenvalue weighted by molar-refractivity contribution is -0.145. The van der Waals surface area contributed by atoms with Crippen LogP contribution in [0.2, 0.25) is 0 Å². The van der Waals surface area contributed by atoms with Crippen LogP contribution in [0, 0.1) is 0 Å². The van der Waals surface area contributed by atoms with Crippen molar-refractivity contribution in [3.8, 4) is 0 Å². The van der Waals surface area contributed by atoms with Crippen molar-refractivity contribution in [2.75, 3.05) is 0 Å². The molecule has 2 aromatic rings. The molecule has 1 atom stereocenters. The van der Waals surface area contributed by atoms with Gasteiger partial charge in [-0.1, -0.05) is 0 Å². The number of carbonyl (C=O) groups is 1. The molecule has 0 aliphatic carbocycles. The average molecular weight is 252 g/mol. The first kappa shape index (κ1) is 12.1. The van der Waals surface area contributed by atoms with E-state index in [-0.39, 0.29) is 11.6 Å². The van der Waals surface area contributed by atoms with Gasteiger partial charge < -0.3 is 9.30 Å². The largest absolute Gasteiger partial charge is 0.461 e. The summed E-state index contributed by atoms with van der Waals surface area (Å²) < 4.78 is 6.52. The number of esters is 1. The number of H-pyrrole nitrogens is 2. The Hall–Kier alpha value is -2.38. The van der Waals surface area contributed by atoms with Crippen molar-refractivity contribution in [3.05, 3.63) is 27.2 Å². The number of imidazole rings is 1. The third kappa shape index (κ3) is 2.31. The summed E-state index contributed by atoms with van der Waals surface area (Å²) in [5.41, 5.74) is -0.700. The number of aromatic amines is 2. The molecule has 0 aromatic carbocycles. The molecule has 0 aliphatic rings. The summed E-state index contributed by atoms with van der Waals surface area (Å²) in [6, 6.07) is 0. The quantitative estimate of drug-likeness (QED) is 0.706. The van der Waals surface area contributed by atoms with Crippen LogP contribution in [0.3, 0.4) is 0 Å². The lowest BCUT2D eigenvalue weighted by Crippen LogP contribution is -2.24. The molecule has 0 saturated carbocycles. The van der Waals surface area contributed by atoms with Gasteiger partial charge in [0.05, 0.1) is 12.9 Å². The molecular weight excluding hydrogens is 240 g/mol. The van der Waals surface area contributed by atoms with Crippen molar-refractivity contribution in [1.29, 1.82) is 0 Å². The van der Waals surface area contributed by atoms with Crippen molar-refractivity contribution in [2.24, 2.45) is 0 Å². The standard InChI is InChI=1S/C10H12N4O4/c1-5(18-6(2)15)3-14-4-11-7-8(14)12-10(17)13-9(7)16/h4-5H,3H2,1-2H3,(H2,12,13,16,17). The van der Waals surface area contributed by atoms with E-state index in [0.717, 1.165) is 0 Å². The molecule has 8 heteroatoms. The fraction of sp³-hybridized carbons (Fsp3) is 0.400. The third-order valence-electron chi connectivity index (χ3n) is 2.33. The summed E-state index contributed by atoms with van der Waals surface area (Å²) in [7, 11) is 0. The molecule has 18 heavy (non-hydrogen) atoms. The van der Waals surface area contributed by atoms with Crippen LogP contribution in [0.1, 0.15) is 13.8 Å². The van der Waals surface area contributed by atoms with Gasteiger partial charge in [0.2, 0.25) is 0 Å². The molecule has 0 fully saturated rings. The number of hydrogen-bond acceptors (Lipinski definition) is 5. The summed E-state index contributed by atoms with van der Waals surface area (Å²) in [5, 5.41) is 0. The minimum absolute atomic E-state index is 0.143. The number of rotatable bonds is 3. The van der Waals surface area contributed by atoms with E-state index in [2.05, 4.69) is 15.0 Å². The van der Waals surface area contributed by atoms with Crippen molar-refractivity contribution < 1.29 is 9.53 Å². The zero-order chi connectivity index (χ0) is 13.3. The average Bonchev–Trinajstić information content (AvgIpc) is 2.60. The molecule has 0 bridgehead atoms. The lowest BCUT2D eigenvalue weighted by atomic mass is 10.4. The fourth-order valence-electron chi connectivity index (χ4n) is 1.72. The Morgan fingerprint density at radius 3 is 2.89 bits per heavy atom. The summed E-state index contributed by atoms with van der Waals surface area (Å²) in [6.07, 6.45) is 1.03. The van der Waals surface area contributed by atoms with E-state index in [0.29, 0.717) is 12.2 Å². The first-order chi connectivity index (χ1) is 8.47. The van der Waals surface area contributed by atoms with Gasteiger partial charge >= 0.3 is 11.7 Å². The van der Waals surface area contributed by atoms with Gasteiger partial charge in [0.1, 0.15) is 11.8 Å². The van der Waals surface area contributed by atoms with E-state index in [4.69, 9.17) is 4.74 Å². The van der Waals surface area contributed by atoms with E-state index in [1.807, 2.05) is 0 Å². The van der Waals surface area contributed by atoms with E-state index in [1.165, 1.54) is 13.3 Å². The molecule has 2 aromatic heterocycles. The van der Waals surface area contributed by atoms with Gasteiger partial charge in [-0.2, -0.15) is 0 Å². The number of carbonyl (C=O) groups excluding carboxylic acids is 1. The summed E-state index contributed by atoms with van der Waals surface area (Å²) in [5.74, 6) is -0.390. The molecule has 0 saturated heterocycles. The first-order valence-corrected chi connectivity index (χ1v) is 5.32. The van der Waals surface area contributed by atoms with Crippen molar-refractivity contribution in [2.45, 2.75) is 26.5 Å². The van der Waals surface area contributed by atoms with Gasteiger partial charge in [0.25, 0.3) is 5.56 Å². The first-order valence-electron chi connectivity index (χ1n) is 5.32. The lowest BCUT2D eigenvalue weighted by Gasteiger charge is -2.12. The molecule has 0 spiro atoms. The topological polar surface area (TPSA) is 110 Å². The molecule has 0 aliphatic heterocycles. The van der Waals surface area contributed by atoms with Gasteiger partial charge in [0, 0.05) is 6.92 Å². The van der Waals surface area contributed by atoms with Crippen LogP contribution in [0.5, 0.6) is 0 Å². The molecule has 0 radical (unpaired) electrons. The molecule has 2 heterocycles. The van der Waals surface area contributed by atoms with Gasteiger partial charge in [-0.15, -0.1) is 0 Å². The maximum Gasteiger partial charge on any atom is 0.327 e. The number of nitrogens with zero attached hydrogens (tertiary/aromatic N) is 2. The van der Waals surface area contributed by atoms with Crippen LogP contribution in [0.25, 0.3) is 11.2 Å². The zero-order valence-electron chi connectivity index (χ0n) is 9.89. The van der Waals surface area contributed by atoms with Crippen molar-refractivity contribution >= 4 is 17.1 Å². The second-order valence-corrected chi connectivity index (χ2v) is 3.92. The maximum absolute atomic E-state index is 11.4. The maximum atomic E-state index is 11.4. The third-order valence-corrected chi connectivity index (χ3v) is 2.33. The number of hydrogen-bond donors (Lipinski definition) is 2. The Kier molecular flexibility index (Phi) is 3.00. The van der Waals surface area contributed by atoms with Gasteiger partial charge in [0.15, 0.2) is 5.52 Å². The SMILES string of the molecule is CC(=O)OC(C)Cn1cnc2c(=O)[nH]c(=O)[nH]c21. The van der Waals surface area contributed by atoms with Gasteiger partial charge in [-0.3, -0.25) is 19.6 Å². The molecule has 2 N–H and O–H groups in total. The van der Waals surface area contributed by atoms with E-state index < -0.39 is 17.2 Å².